The third kappa shape index (κ3) is 4.88. The third-order valence-electron chi connectivity index (χ3n) is 8.44. The highest BCUT2D eigenvalue weighted by molar-refractivity contribution is 6.30. The predicted molar refractivity (Wildman–Crippen MR) is 143 cm³/mol. The third-order valence-corrected chi connectivity index (χ3v) is 8.68. The molecule has 5 nitrogen and oxygen atoms in total. The van der Waals surface area contributed by atoms with Crippen LogP contribution in [0.15, 0.2) is 48.6 Å². The fraction of sp³-hybridized carbons (Fsp3) is 0.500. The minimum absolute atomic E-state index is 0.195. The number of nitrogens with zero attached hydrogens (tertiary/aromatic N) is 1. The highest BCUT2D eigenvalue weighted by Crippen LogP contribution is 2.46. The summed E-state index contributed by atoms with van der Waals surface area (Å²) in [6.45, 7) is 4.21. The van der Waals surface area contributed by atoms with E-state index in [0.717, 1.165) is 74.5 Å². The number of hydrogen-bond acceptors (Lipinski definition) is 4. The molecule has 0 amide bonds. The van der Waals surface area contributed by atoms with Gasteiger partial charge in [0.2, 0.25) is 0 Å². The maximum Gasteiger partial charge on any atom is 0.335 e. The molecule has 3 aliphatic rings. The van der Waals surface area contributed by atoms with Crippen molar-refractivity contribution in [2.24, 2.45) is 11.8 Å². The predicted octanol–water partition coefficient (Wildman–Crippen LogP) is 6.25. The lowest BCUT2D eigenvalue weighted by atomic mass is 9.68. The van der Waals surface area contributed by atoms with Crippen LogP contribution in [0.25, 0.3) is 0 Å². The van der Waals surface area contributed by atoms with Gasteiger partial charge in [-0.15, -0.1) is 0 Å². The van der Waals surface area contributed by atoms with E-state index in [1.165, 1.54) is 11.1 Å². The minimum Gasteiger partial charge on any atom is -0.490 e. The topological polar surface area (TPSA) is 70.0 Å². The second kappa shape index (κ2) is 10.5. The van der Waals surface area contributed by atoms with Gasteiger partial charge in [-0.25, -0.2) is 4.79 Å². The molecule has 6 heteroatoms. The molecule has 0 bridgehead atoms. The standard InChI is InChI=1S/C30H36ClNO4/c1-2-3-4-7-27(33)24-11-8-22(24)17-32-18-30(14-5-6-20-15-23(31)10-12-25(20)30)19-36-28-13-9-21(29(34)35)16-26(28)32/h4,7,9-10,12-13,15-16,22,24,27,33H,2-3,5-6,8,11,14,17-19H2,1H3,(H,34,35)/t22-,24+,27+,30?/m0/s1. The Kier molecular flexibility index (Phi) is 7.32. The van der Waals surface area contributed by atoms with Gasteiger partial charge in [0, 0.05) is 23.5 Å². The first-order chi connectivity index (χ1) is 17.4. The molecule has 192 valence electrons. The average Bonchev–Trinajstić information content (AvgIpc) is 2.99. The SMILES string of the molecule is CCCC=C[C@@H](O)[C@@H]1CC[C@H]1CN1CC2(CCCc3cc(Cl)ccc32)COc2ccc(C(=O)O)cc21. The van der Waals surface area contributed by atoms with Gasteiger partial charge >= 0.3 is 5.97 Å². The fourth-order valence-electron chi connectivity index (χ4n) is 6.35. The molecular weight excluding hydrogens is 474 g/mol. The average molecular weight is 510 g/mol. The summed E-state index contributed by atoms with van der Waals surface area (Å²) in [5.74, 6) is 0.363. The number of aromatic carboxylic acids is 1. The van der Waals surface area contributed by atoms with E-state index in [-0.39, 0.29) is 16.9 Å². The van der Waals surface area contributed by atoms with E-state index in [2.05, 4.69) is 30.0 Å². The molecule has 2 aromatic rings. The Hall–Kier alpha value is -2.50. The van der Waals surface area contributed by atoms with Gasteiger partial charge in [0.05, 0.1) is 24.0 Å². The number of carboxylic acid groups (broad SMARTS) is 1. The van der Waals surface area contributed by atoms with Crippen molar-refractivity contribution in [1.82, 2.24) is 0 Å². The number of rotatable bonds is 7. The number of allylic oxidation sites excluding steroid dienone is 1. The number of unbranched alkanes of at least 4 members (excludes halogenated alkanes) is 1. The Morgan fingerprint density at radius 2 is 2.14 bits per heavy atom. The van der Waals surface area contributed by atoms with Crippen LogP contribution in [0, 0.1) is 11.8 Å². The summed E-state index contributed by atoms with van der Waals surface area (Å²) in [4.78, 5) is 14.2. The maximum atomic E-state index is 11.8. The van der Waals surface area contributed by atoms with Crippen LogP contribution in [0.5, 0.6) is 5.75 Å². The van der Waals surface area contributed by atoms with E-state index < -0.39 is 12.1 Å². The zero-order chi connectivity index (χ0) is 25.3. The molecule has 2 N–H and O–H groups in total. The number of aliphatic hydroxyl groups is 1. The molecule has 1 spiro atoms. The summed E-state index contributed by atoms with van der Waals surface area (Å²) in [6, 6.07) is 11.4. The van der Waals surface area contributed by atoms with Crippen LogP contribution in [-0.2, 0) is 11.8 Å². The largest absolute Gasteiger partial charge is 0.490 e. The van der Waals surface area contributed by atoms with Crippen molar-refractivity contribution in [3.05, 3.63) is 70.3 Å². The molecule has 1 heterocycles. The highest BCUT2D eigenvalue weighted by atomic mass is 35.5. The molecule has 36 heavy (non-hydrogen) atoms. The van der Waals surface area contributed by atoms with Crippen LogP contribution in [0.1, 0.15) is 66.9 Å². The van der Waals surface area contributed by atoms with Gasteiger partial charge in [0.25, 0.3) is 0 Å². The first kappa shape index (κ1) is 25.2. The molecule has 0 aromatic heterocycles. The van der Waals surface area contributed by atoms with Gasteiger partial charge in [0.15, 0.2) is 0 Å². The summed E-state index contributed by atoms with van der Waals surface area (Å²) < 4.78 is 6.44. The number of aryl methyl sites for hydroxylation is 1. The molecule has 0 radical (unpaired) electrons. The van der Waals surface area contributed by atoms with Crippen LogP contribution >= 0.6 is 11.6 Å². The molecule has 2 aromatic carbocycles. The number of benzene rings is 2. The van der Waals surface area contributed by atoms with Gasteiger partial charge in [-0.05, 0) is 91.8 Å². The number of carbonyl (C=O) groups is 1. The molecule has 4 atom stereocenters. The van der Waals surface area contributed by atoms with Gasteiger partial charge < -0.3 is 19.8 Å². The minimum atomic E-state index is -0.938. The van der Waals surface area contributed by atoms with Gasteiger partial charge in [0.1, 0.15) is 5.75 Å². The van der Waals surface area contributed by atoms with Crippen molar-refractivity contribution < 1.29 is 19.7 Å². The number of anilines is 1. The maximum absolute atomic E-state index is 11.8. The first-order valence-corrected chi connectivity index (χ1v) is 13.7. The van der Waals surface area contributed by atoms with Crippen LogP contribution in [0.2, 0.25) is 5.02 Å². The number of halogens is 1. The molecule has 1 saturated carbocycles. The number of ether oxygens (including phenoxy) is 1. The quantitative estimate of drug-likeness (QED) is 0.431. The molecule has 2 aliphatic carbocycles. The monoisotopic (exact) mass is 509 g/mol. The van der Waals surface area contributed by atoms with Gasteiger partial charge in [-0.2, -0.15) is 0 Å². The Bertz CT molecular complexity index is 1150. The van der Waals surface area contributed by atoms with E-state index >= 15 is 0 Å². The van der Waals surface area contributed by atoms with Crippen molar-refractivity contribution >= 4 is 23.3 Å². The van der Waals surface area contributed by atoms with Crippen LogP contribution in [0.3, 0.4) is 0 Å². The summed E-state index contributed by atoms with van der Waals surface area (Å²) >= 11 is 6.34. The van der Waals surface area contributed by atoms with E-state index in [4.69, 9.17) is 16.3 Å². The molecule has 1 aliphatic heterocycles. The summed E-state index contributed by atoms with van der Waals surface area (Å²) in [5.41, 5.74) is 3.49. The van der Waals surface area contributed by atoms with Gasteiger partial charge in [-0.1, -0.05) is 43.2 Å². The molecule has 1 fully saturated rings. The van der Waals surface area contributed by atoms with Crippen LogP contribution in [0.4, 0.5) is 5.69 Å². The zero-order valence-corrected chi connectivity index (χ0v) is 21.7. The van der Waals surface area contributed by atoms with E-state index in [0.29, 0.717) is 12.5 Å². The number of carboxylic acids is 1. The lowest BCUT2D eigenvalue weighted by Crippen LogP contribution is -2.49. The van der Waals surface area contributed by atoms with Crippen molar-refractivity contribution in [3.63, 3.8) is 0 Å². The Balaban J connectivity index is 1.48. The second-order valence-electron chi connectivity index (χ2n) is 10.8. The zero-order valence-electron chi connectivity index (χ0n) is 21.0. The summed E-state index contributed by atoms with van der Waals surface area (Å²) in [6.07, 6.45) is 10.8. The number of hydrogen-bond donors (Lipinski definition) is 2. The van der Waals surface area contributed by atoms with E-state index in [9.17, 15) is 15.0 Å². The lowest BCUT2D eigenvalue weighted by Gasteiger charge is -2.45. The van der Waals surface area contributed by atoms with Crippen molar-refractivity contribution in [2.45, 2.75) is 63.4 Å². The van der Waals surface area contributed by atoms with E-state index in [1.54, 1.807) is 18.2 Å². The van der Waals surface area contributed by atoms with Crippen molar-refractivity contribution in [1.29, 1.82) is 0 Å². The van der Waals surface area contributed by atoms with Crippen LogP contribution < -0.4 is 9.64 Å². The highest BCUT2D eigenvalue weighted by Gasteiger charge is 2.44. The molecule has 5 rings (SSSR count). The van der Waals surface area contributed by atoms with Crippen molar-refractivity contribution in [2.75, 3.05) is 24.6 Å². The first-order valence-electron chi connectivity index (χ1n) is 13.3. The second-order valence-corrected chi connectivity index (χ2v) is 11.2. The number of aliphatic hydroxyl groups excluding tert-OH is 1. The Morgan fingerprint density at radius 3 is 2.89 bits per heavy atom. The molecule has 1 unspecified atom stereocenters. The van der Waals surface area contributed by atoms with Crippen LogP contribution in [-0.4, -0.2) is 42.0 Å². The summed E-state index contributed by atoms with van der Waals surface area (Å²) in [5, 5.41) is 21.3. The molecule has 0 saturated heterocycles. The van der Waals surface area contributed by atoms with Gasteiger partial charge in [-0.3, -0.25) is 0 Å². The fourth-order valence-corrected chi connectivity index (χ4v) is 6.54. The smallest absolute Gasteiger partial charge is 0.335 e. The van der Waals surface area contributed by atoms with E-state index in [1.807, 2.05) is 12.1 Å². The normalized spacial score (nSPS) is 26.0. The summed E-state index contributed by atoms with van der Waals surface area (Å²) in [7, 11) is 0. The Labute approximate surface area is 218 Å². The Morgan fingerprint density at radius 1 is 1.28 bits per heavy atom. The number of fused-ring (bicyclic) bond motifs is 3. The lowest BCUT2D eigenvalue weighted by molar-refractivity contribution is 0.0456. The molecular formula is C30H36ClNO4. The van der Waals surface area contributed by atoms with Crippen molar-refractivity contribution in [3.8, 4) is 5.75 Å².